The third-order valence-electron chi connectivity index (χ3n) is 4.66. The summed E-state index contributed by atoms with van der Waals surface area (Å²) >= 11 is 0. The van der Waals surface area contributed by atoms with Crippen LogP contribution in [0, 0.1) is 6.92 Å². The fourth-order valence-corrected chi connectivity index (χ4v) is 3.33. The van der Waals surface area contributed by atoms with Crippen LogP contribution in [0.4, 0.5) is 0 Å². The summed E-state index contributed by atoms with van der Waals surface area (Å²) in [5, 5.41) is 8.94. The van der Waals surface area contributed by atoms with Crippen LogP contribution in [-0.4, -0.2) is 43.9 Å². The lowest BCUT2D eigenvalue weighted by molar-refractivity contribution is 0.0691. The molecule has 0 aliphatic carbocycles. The number of carbonyl (C=O) groups excluding carboxylic acids is 1. The molecule has 0 unspecified atom stereocenters. The van der Waals surface area contributed by atoms with Gasteiger partial charge in [0.2, 0.25) is 0 Å². The van der Waals surface area contributed by atoms with Crippen molar-refractivity contribution in [2.75, 3.05) is 13.1 Å². The molecule has 122 valence electrons. The molecule has 0 radical (unpaired) electrons. The topological polar surface area (TPSA) is 63.9 Å². The Balaban J connectivity index is 1.56. The number of amides is 1. The Kier molecular flexibility index (Phi) is 3.72. The number of aromatic nitrogens is 4. The van der Waals surface area contributed by atoms with Gasteiger partial charge >= 0.3 is 0 Å². The Bertz CT molecular complexity index is 866. The number of nitrogens with zero attached hydrogens (tertiary/aromatic N) is 5. The number of benzene rings is 1. The van der Waals surface area contributed by atoms with Crippen LogP contribution < -0.4 is 0 Å². The zero-order valence-electron chi connectivity index (χ0n) is 13.6. The molecule has 0 atom stereocenters. The van der Waals surface area contributed by atoms with Gasteiger partial charge in [0.25, 0.3) is 5.91 Å². The van der Waals surface area contributed by atoms with Crippen LogP contribution in [-0.2, 0) is 0 Å². The van der Waals surface area contributed by atoms with Gasteiger partial charge in [-0.3, -0.25) is 9.78 Å². The van der Waals surface area contributed by atoms with Crippen molar-refractivity contribution >= 4 is 16.8 Å². The van der Waals surface area contributed by atoms with Crippen molar-refractivity contribution < 1.29 is 4.79 Å². The van der Waals surface area contributed by atoms with Gasteiger partial charge in [-0.15, -0.1) is 5.10 Å². The van der Waals surface area contributed by atoms with E-state index in [4.69, 9.17) is 0 Å². The molecule has 1 amide bonds. The number of aryl methyl sites for hydroxylation is 1. The molecule has 1 saturated heterocycles. The van der Waals surface area contributed by atoms with E-state index in [0.29, 0.717) is 11.6 Å². The fraction of sp³-hybridized carbons (Fsp3) is 0.333. The number of fused-ring (bicyclic) bond motifs is 1. The highest BCUT2D eigenvalue weighted by atomic mass is 16.2. The molecule has 0 N–H and O–H groups in total. The minimum Gasteiger partial charge on any atom is -0.338 e. The second-order valence-electron chi connectivity index (χ2n) is 6.24. The van der Waals surface area contributed by atoms with Gasteiger partial charge in [-0.1, -0.05) is 23.4 Å². The summed E-state index contributed by atoms with van der Waals surface area (Å²) in [6.45, 7) is 3.40. The number of pyridine rings is 1. The first kappa shape index (κ1) is 14.8. The molecule has 0 bridgehead atoms. The van der Waals surface area contributed by atoms with E-state index in [2.05, 4.69) is 15.3 Å². The van der Waals surface area contributed by atoms with Gasteiger partial charge in [-0.05, 0) is 31.9 Å². The summed E-state index contributed by atoms with van der Waals surface area (Å²) in [6.07, 6.45) is 5.37. The van der Waals surface area contributed by atoms with Gasteiger partial charge < -0.3 is 4.90 Å². The van der Waals surface area contributed by atoms with Gasteiger partial charge in [0, 0.05) is 30.4 Å². The first-order valence-corrected chi connectivity index (χ1v) is 8.24. The number of likely N-dealkylation sites (tertiary alicyclic amines) is 1. The summed E-state index contributed by atoms with van der Waals surface area (Å²) in [6, 6.07) is 10.1. The summed E-state index contributed by atoms with van der Waals surface area (Å²) < 4.78 is 1.89. The molecule has 0 spiro atoms. The lowest BCUT2D eigenvalue weighted by Crippen LogP contribution is -2.39. The van der Waals surface area contributed by atoms with Gasteiger partial charge in [-0.2, -0.15) is 0 Å². The van der Waals surface area contributed by atoms with Gasteiger partial charge in [0.15, 0.2) is 0 Å². The van der Waals surface area contributed by atoms with E-state index in [-0.39, 0.29) is 5.91 Å². The van der Waals surface area contributed by atoms with E-state index in [1.807, 2.05) is 53.0 Å². The Hall–Kier alpha value is -2.76. The average Bonchev–Trinajstić information content (AvgIpc) is 3.15. The van der Waals surface area contributed by atoms with Crippen molar-refractivity contribution in [3.8, 4) is 0 Å². The Morgan fingerprint density at radius 2 is 2.00 bits per heavy atom. The van der Waals surface area contributed by atoms with Crippen LogP contribution in [0.15, 0.2) is 42.7 Å². The monoisotopic (exact) mass is 321 g/mol. The molecular formula is C18H19N5O. The van der Waals surface area contributed by atoms with E-state index >= 15 is 0 Å². The molecule has 3 aromatic rings. The van der Waals surface area contributed by atoms with Crippen molar-refractivity contribution in [2.45, 2.75) is 25.8 Å². The maximum atomic E-state index is 13.0. The molecule has 6 nitrogen and oxygen atoms in total. The van der Waals surface area contributed by atoms with E-state index in [9.17, 15) is 4.79 Å². The molecule has 6 heteroatoms. The number of piperidine rings is 1. The van der Waals surface area contributed by atoms with E-state index < -0.39 is 0 Å². The lowest BCUT2D eigenvalue weighted by atomic mass is 10.0. The van der Waals surface area contributed by atoms with Crippen LogP contribution in [0.25, 0.3) is 10.9 Å². The zero-order chi connectivity index (χ0) is 16.5. The lowest BCUT2D eigenvalue weighted by Gasteiger charge is -2.32. The van der Waals surface area contributed by atoms with Gasteiger partial charge in [0.05, 0.1) is 23.3 Å². The van der Waals surface area contributed by atoms with Gasteiger partial charge in [0.1, 0.15) is 0 Å². The second kappa shape index (κ2) is 6.03. The fourth-order valence-electron chi connectivity index (χ4n) is 3.33. The van der Waals surface area contributed by atoms with Crippen LogP contribution in [0.1, 0.15) is 34.9 Å². The van der Waals surface area contributed by atoms with E-state index in [1.54, 1.807) is 6.20 Å². The highest BCUT2D eigenvalue weighted by molar-refractivity contribution is 6.05. The first-order valence-electron chi connectivity index (χ1n) is 8.24. The predicted octanol–water partition coefficient (Wildman–Crippen LogP) is 2.61. The molecule has 1 fully saturated rings. The molecule has 4 rings (SSSR count). The molecule has 1 aliphatic heterocycles. The minimum absolute atomic E-state index is 0.0655. The van der Waals surface area contributed by atoms with Crippen LogP contribution >= 0.6 is 0 Å². The highest BCUT2D eigenvalue weighted by Gasteiger charge is 2.26. The molecule has 1 aromatic carbocycles. The van der Waals surface area contributed by atoms with Crippen molar-refractivity contribution in [1.82, 2.24) is 24.9 Å². The summed E-state index contributed by atoms with van der Waals surface area (Å²) in [4.78, 5) is 19.5. The standard InChI is InChI=1S/C18H19N5O/c1-13-5-6-14-3-2-4-16(17(14)20-13)18(24)22-10-7-15(8-11-22)23-12-9-19-21-23/h2-6,9,12,15H,7-8,10-11H2,1H3. The molecule has 2 aromatic heterocycles. The highest BCUT2D eigenvalue weighted by Crippen LogP contribution is 2.24. The quantitative estimate of drug-likeness (QED) is 0.728. The maximum Gasteiger partial charge on any atom is 0.256 e. The SMILES string of the molecule is Cc1ccc2cccc(C(=O)N3CCC(n4ccnn4)CC3)c2n1. The normalized spacial score (nSPS) is 15.8. The Labute approximate surface area is 140 Å². The zero-order valence-corrected chi connectivity index (χ0v) is 13.6. The number of hydrogen-bond acceptors (Lipinski definition) is 4. The molecule has 0 saturated carbocycles. The van der Waals surface area contributed by atoms with Crippen molar-refractivity contribution in [3.63, 3.8) is 0 Å². The minimum atomic E-state index is 0.0655. The maximum absolute atomic E-state index is 13.0. The molecule has 24 heavy (non-hydrogen) atoms. The molecular weight excluding hydrogens is 302 g/mol. The van der Waals surface area contributed by atoms with Gasteiger partial charge in [-0.25, -0.2) is 4.68 Å². The van der Waals surface area contributed by atoms with Crippen LogP contribution in [0.2, 0.25) is 0 Å². The molecule has 1 aliphatic rings. The number of hydrogen-bond donors (Lipinski definition) is 0. The number of carbonyl (C=O) groups is 1. The largest absolute Gasteiger partial charge is 0.338 e. The Morgan fingerprint density at radius 3 is 2.75 bits per heavy atom. The van der Waals surface area contributed by atoms with E-state index in [1.165, 1.54) is 0 Å². The van der Waals surface area contributed by atoms with Crippen molar-refractivity contribution in [2.24, 2.45) is 0 Å². The van der Waals surface area contributed by atoms with Crippen LogP contribution in [0.3, 0.4) is 0 Å². The van der Waals surface area contributed by atoms with E-state index in [0.717, 1.165) is 42.5 Å². The summed E-state index contributed by atoms with van der Waals surface area (Å²) in [5.74, 6) is 0.0655. The predicted molar refractivity (Wildman–Crippen MR) is 90.7 cm³/mol. The van der Waals surface area contributed by atoms with Crippen molar-refractivity contribution in [3.05, 3.63) is 54.0 Å². The van der Waals surface area contributed by atoms with Crippen molar-refractivity contribution in [1.29, 1.82) is 0 Å². The summed E-state index contributed by atoms with van der Waals surface area (Å²) in [5.41, 5.74) is 2.41. The average molecular weight is 321 g/mol. The third-order valence-corrected chi connectivity index (χ3v) is 4.66. The number of para-hydroxylation sites is 1. The van der Waals surface area contributed by atoms with Crippen LogP contribution in [0.5, 0.6) is 0 Å². The second-order valence-corrected chi connectivity index (χ2v) is 6.24. The number of rotatable bonds is 2. The Morgan fingerprint density at radius 1 is 1.17 bits per heavy atom. The summed E-state index contributed by atoms with van der Waals surface area (Å²) in [7, 11) is 0. The smallest absolute Gasteiger partial charge is 0.256 e. The first-order chi connectivity index (χ1) is 11.7. The molecule has 3 heterocycles. The third kappa shape index (κ3) is 2.64.